The van der Waals surface area contributed by atoms with Crippen molar-refractivity contribution in [1.29, 1.82) is 0 Å². The monoisotopic (exact) mass is 571 g/mol. The van der Waals surface area contributed by atoms with Gasteiger partial charge in [-0.2, -0.15) is 0 Å². The second-order valence-corrected chi connectivity index (χ2v) is 11.8. The normalized spacial score (nSPS) is 31.7. The zero-order chi connectivity index (χ0) is 29.9. The van der Waals surface area contributed by atoms with Gasteiger partial charge in [-0.05, 0) is 72.8 Å². The average Bonchev–Trinajstić information content (AvgIpc) is 3.33. The van der Waals surface area contributed by atoms with Crippen molar-refractivity contribution in [1.82, 2.24) is 0 Å². The van der Waals surface area contributed by atoms with Gasteiger partial charge in [0.25, 0.3) is 6.47 Å². The van der Waals surface area contributed by atoms with Crippen LogP contribution in [0.2, 0.25) is 0 Å². The minimum Gasteiger partial charge on any atom is -0.467 e. The number of esters is 3. The Balaban J connectivity index is 1.77. The van der Waals surface area contributed by atoms with E-state index in [1.54, 1.807) is 18.2 Å². The fraction of sp³-hybridized carbons (Fsp3) is 0.548. The topological polar surface area (TPSA) is 117 Å². The van der Waals surface area contributed by atoms with Crippen LogP contribution in [-0.4, -0.2) is 55.8 Å². The number of carbonyl (C=O) groups is 4. The van der Waals surface area contributed by atoms with Gasteiger partial charge in [-0.25, -0.2) is 9.18 Å². The fourth-order valence-electron chi connectivity index (χ4n) is 7.38. The van der Waals surface area contributed by atoms with Gasteiger partial charge in [-0.15, -0.1) is 0 Å². The molecule has 2 fully saturated rings. The number of ether oxygens (including phenoxy) is 4. The third-order valence-electron chi connectivity index (χ3n) is 9.22. The van der Waals surface area contributed by atoms with E-state index in [0.29, 0.717) is 49.0 Å². The maximum atomic E-state index is 14.1. The Bertz CT molecular complexity index is 1250. The van der Waals surface area contributed by atoms with Crippen molar-refractivity contribution < 1.29 is 42.5 Å². The van der Waals surface area contributed by atoms with Crippen LogP contribution in [-0.2, 0) is 38.1 Å². The third-order valence-corrected chi connectivity index (χ3v) is 9.22. The summed E-state index contributed by atoms with van der Waals surface area (Å²) in [5.74, 6) is -2.30. The molecule has 0 bridgehead atoms. The molecule has 3 aliphatic rings. The van der Waals surface area contributed by atoms with Gasteiger partial charge < -0.3 is 24.3 Å². The molecule has 7 atom stereocenters. The SMILES string of the molecule is C=C1[C@@H](OC(C)=O)C[C@@H]2[C@](C)(COC=O)[C@H](OC(C)=O)CC[C@@]2(C)[C@@H]1C[C@@H](Nc1cccc(F)c1)C1=CCOC1=O. The summed E-state index contributed by atoms with van der Waals surface area (Å²) in [7, 11) is 0. The first-order valence-corrected chi connectivity index (χ1v) is 13.9. The summed E-state index contributed by atoms with van der Waals surface area (Å²) < 4.78 is 36.1. The molecule has 0 spiro atoms. The van der Waals surface area contributed by atoms with Gasteiger partial charge in [0.2, 0.25) is 0 Å². The molecule has 2 saturated carbocycles. The van der Waals surface area contributed by atoms with E-state index in [0.717, 1.165) is 0 Å². The maximum absolute atomic E-state index is 14.1. The Morgan fingerprint density at radius 2 is 1.98 bits per heavy atom. The molecule has 0 radical (unpaired) electrons. The molecule has 0 amide bonds. The summed E-state index contributed by atoms with van der Waals surface area (Å²) in [5, 5.41) is 3.32. The number of hydrogen-bond acceptors (Lipinski definition) is 9. The second kappa shape index (κ2) is 12.0. The standard InChI is InChI=1S/C31H38FNO8/c1-18-24(14-25(23-10-12-39-29(23)37)33-22-8-6-7-21(32)13-22)30(4)11-9-28(41-20(3)36)31(5,16-38-17-34)27(30)15-26(18)40-19(2)35/h6-8,10,13,17,24-28,33H,1,9,11-12,14-16H2,2-5H3/t24-,25-,26+,27+,28-,30+,31+/m1/s1. The molecule has 2 aliphatic carbocycles. The second-order valence-electron chi connectivity index (χ2n) is 11.8. The molecule has 222 valence electrons. The Hall–Kier alpha value is -3.69. The highest BCUT2D eigenvalue weighted by Gasteiger charge is 2.62. The highest BCUT2D eigenvalue weighted by atomic mass is 19.1. The van der Waals surface area contributed by atoms with Gasteiger partial charge in [0.05, 0.1) is 11.6 Å². The molecule has 0 aromatic heterocycles. The minimum atomic E-state index is -0.798. The highest BCUT2D eigenvalue weighted by molar-refractivity contribution is 5.92. The van der Waals surface area contributed by atoms with E-state index in [1.807, 2.05) is 6.92 Å². The third kappa shape index (κ3) is 6.16. The van der Waals surface area contributed by atoms with Crippen LogP contribution in [0.15, 0.2) is 48.1 Å². The minimum absolute atomic E-state index is 0.00312. The molecule has 10 heteroatoms. The van der Waals surface area contributed by atoms with Crippen molar-refractivity contribution >= 4 is 30.1 Å². The molecule has 1 N–H and O–H groups in total. The summed E-state index contributed by atoms with van der Waals surface area (Å²) in [6.07, 6.45) is 2.45. The Morgan fingerprint density at radius 1 is 1.24 bits per heavy atom. The first kappa shape index (κ1) is 30.3. The molecule has 1 aromatic carbocycles. The maximum Gasteiger partial charge on any atom is 0.336 e. The van der Waals surface area contributed by atoms with Crippen LogP contribution < -0.4 is 5.32 Å². The number of hydrogen-bond donors (Lipinski definition) is 1. The van der Waals surface area contributed by atoms with Gasteiger partial charge in [0.1, 0.15) is 31.2 Å². The van der Waals surface area contributed by atoms with E-state index in [2.05, 4.69) is 18.8 Å². The van der Waals surface area contributed by atoms with Gasteiger partial charge in [-0.1, -0.05) is 26.5 Å². The van der Waals surface area contributed by atoms with E-state index in [9.17, 15) is 23.6 Å². The molecule has 1 aromatic rings. The van der Waals surface area contributed by atoms with Crippen molar-refractivity contribution in [3.8, 4) is 0 Å². The predicted molar refractivity (Wildman–Crippen MR) is 147 cm³/mol. The van der Waals surface area contributed by atoms with Crippen LogP contribution in [0.5, 0.6) is 0 Å². The smallest absolute Gasteiger partial charge is 0.336 e. The van der Waals surface area contributed by atoms with Gasteiger partial charge in [-0.3, -0.25) is 14.4 Å². The van der Waals surface area contributed by atoms with Crippen LogP contribution in [0.1, 0.15) is 53.4 Å². The zero-order valence-corrected chi connectivity index (χ0v) is 23.9. The van der Waals surface area contributed by atoms with E-state index in [4.69, 9.17) is 18.9 Å². The largest absolute Gasteiger partial charge is 0.467 e. The number of carbonyl (C=O) groups excluding carboxylic acids is 4. The van der Waals surface area contributed by atoms with Crippen molar-refractivity contribution in [3.05, 3.63) is 53.9 Å². The summed E-state index contributed by atoms with van der Waals surface area (Å²) in [5.41, 5.74) is 0.363. The number of fused-ring (bicyclic) bond motifs is 1. The predicted octanol–water partition coefficient (Wildman–Crippen LogP) is 4.51. The van der Waals surface area contributed by atoms with Gasteiger partial charge in [0, 0.05) is 24.9 Å². The molecule has 4 rings (SSSR count). The van der Waals surface area contributed by atoms with Crippen molar-refractivity contribution in [2.24, 2.45) is 22.7 Å². The van der Waals surface area contributed by atoms with Crippen LogP contribution in [0.25, 0.3) is 0 Å². The number of benzene rings is 1. The van der Waals surface area contributed by atoms with E-state index < -0.39 is 52.8 Å². The van der Waals surface area contributed by atoms with E-state index in [-0.39, 0.29) is 25.0 Å². The van der Waals surface area contributed by atoms with Crippen LogP contribution in [0.3, 0.4) is 0 Å². The van der Waals surface area contributed by atoms with E-state index >= 15 is 0 Å². The number of halogens is 1. The number of nitrogens with one attached hydrogen (secondary N) is 1. The average molecular weight is 572 g/mol. The lowest BCUT2D eigenvalue weighted by molar-refractivity contribution is -0.197. The molecule has 41 heavy (non-hydrogen) atoms. The first-order valence-electron chi connectivity index (χ1n) is 13.9. The van der Waals surface area contributed by atoms with Gasteiger partial charge >= 0.3 is 17.9 Å². The molecule has 0 unspecified atom stereocenters. The lowest BCUT2D eigenvalue weighted by Gasteiger charge is -2.61. The molecule has 1 heterocycles. The number of cyclic esters (lactones) is 1. The summed E-state index contributed by atoms with van der Waals surface area (Å²) >= 11 is 0. The van der Waals surface area contributed by atoms with Crippen LogP contribution in [0.4, 0.5) is 10.1 Å². The lowest BCUT2D eigenvalue weighted by Crippen LogP contribution is -2.61. The first-order chi connectivity index (χ1) is 19.4. The Labute approximate surface area is 239 Å². The zero-order valence-electron chi connectivity index (χ0n) is 23.9. The quantitative estimate of drug-likeness (QED) is 0.187. The van der Waals surface area contributed by atoms with Gasteiger partial charge in [0.15, 0.2) is 0 Å². The Kier molecular flexibility index (Phi) is 8.89. The molecular formula is C31H38FNO8. The molecule has 0 saturated heterocycles. The fourth-order valence-corrected chi connectivity index (χ4v) is 7.38. The summed E-state index contributed by atoms with van der Waals surface area (Å²) in [6.45, 7) is 11.7. The molecular weight excluding hydrogens is 533 g/mol. The Morgan fingerprint density at radius 3 is 2.59 bits per heavy atom. The molecule has 9 nitrogen and oxygen atoms in total. The summed E-state index contributed by atoms with van der Waals surface area (Å²) in [4.78, 5) is 48.3. The highest BCUT2D eigenvalue weighted by Crippen LogP contribution is 2.63. The number of rotatable bonds is 10. The summed E-state index contributed by atoms with van der Waals surface area (Å²) in [6, 6.07) is 5.43. The van der Waals surface area contributed by atoms with Crippen molar-refractivity contribution in [2.45, 2.75) is 71.6 Å². The number of anilines is 1. The van der Waals surface area contributed by atoms with Crippen molar-refractivity contribution in [3.63, 3.8) is 0 Å². The van der Waals surface area contributed by atoms with Crippen LogP contribution in [0, 0.1) is 28.5 Å². The van der Waals surface area contributed by atoms with Crippen molar-refractivity contribution in [2.75, 3.05) is 18.5 Å². The van der Waals surface area contributed by atoms with Crippen LogP contribution >= 0.6 is 0 Å². The lowest BCUT2D eigenvalue weighted by atomic mass is 9.45. The van der Waals surface area contributed by atoms with E-state index in [1.165, 1.54) is 26.0 Å². The molecule has 1 aliphatic heterocycles.